The first kappa shape index (κ1) is 13.4. The highest BCUT2D eigenvalue weighted by Gasteiger charge is 2.23. The Morgan fingerprint density at radius 1 is 1.53 bits per heavy atom. The third-order valence-corrected chi connectivity index (χ3v) is 3.03. The molecule has 1 heterocycles. The summed E-state index contributed by atoms with van der Waals surface area (Å²) in [6.45, 7) is 3.72. The van der Waals surface area contributed by atoms with Gasteiger partial charge in [0.15, 0.2) is 6.61 Å². The lowest BCUT2D eigenvalue weighted by Gasteiger charge is -2.33. The van der Waals surface area contributed by atoms with Gasteiger partial charge in [-0.1, -0.05) is 0 Å². The van der Waals surface area contributed by atoms with Gasteiger partial charge in [0.1, 0.15) is 5.75 Å². The number of amides is 1. The number of benzene rings is 1. The Labute approximate surface area is 112 Å². The molecular weight excluding hydrogens is 244 g/mol. The van der Waals surface area contributed by atoms with E-state index in [1.54, 1.807) is 29.2 Å². The van der Waals surface area contributed by atoms with Crippen LogP contribution in [0.15, 0.2) is 24.3 Å². The van der Waals surface area contributed by atoms with Crippen molar-refractivity contribution in [2.24, 2.45) is 0 Å². The first-order chi connectivity index (χ1) is 9.20. The lowest BCUT2D eigenvalue weighted by molar-refractivity contribution is -0.141. The van der Waals surface area contributed by atoms with E-state index in [4.69, 9.17) is 14.7 Å². The third kappa shape index (κ3) is 3.46. The summed E-state index contributed by atoms with van der Waals surface area (Å²) in [5, 5.41) is 8.68. The quantitative estimate of drug-likeness (QED) is 0.818. The van der Waals surface area contributed by atoms with E-state index in [0.29, 0.717) is 31.1 Å². The zero-order valence-electron chi connectivity index (χ0n) is 10.8. The zero-order chi connectivity index (χ0) is 13.7. The Morgan fingerprint density at radius 3 is 2.89 bits per heavy atom. The van der Waals surface area contributed by atoms with Crippen LogP contribution in [0.4, 0.5) is 0 Å². The lowest BCUT2D eigenvalue weighted by Crippen LogP contribution is -2.48. The number of nitriles is 1. The number of carbonyl (C=O) groups excluding carboxylic acids is 1. The van der Waals surface area contributed by atoms with E-state index in [2.05, 4.69) is 0 Å². The van der Waals surface area contributed by atoms with Crippen LogP contribution in [-0.2, 0) is 9.53 Å². The molecule has 0 radical (unpaired) electrons. The summed E-state index contributed by atoms with van der Waals surface area (Å²) in [6.07, 6.45) is 0. The summed E-state index contributed by atoms with van der Waals surface area (Å²) in [7, 11) is 0. The average Bonchev–Trinajstić information content (AvgIpc) is 2.46. The minimum atomic E-state index is -0.0415. The Kier molecular flexibility index (Phi) is 4.37. The molecule has 5 nitrogen and oxygen atoms in total. The van der Waals surface area contributed by atoms with E-state index in [1.807, 2.05) is 13.0 Å². The number of hydrogen-bond donors (Lipinski definition) is 0. The number of hydrogen-bond acceptors (Lipinski definition) is 4. The van der Waals surface area contributed by atoms with Gasteiger partial charge in [0.2, 0.25) is 0 Å². The van der Waals surface area contributed by atoms with Gasteiger partial charge in [-0.15, -0.1) is 0 Å². The molecule has 2 rings (SSSR count). The maximum atomic E-state index is 12.0. The van der Waals surface area contributed by atoms with Crippen LogP contribution in [-0.4, -0.2) is 43.2 Å². The molecule has 0 spiro atoms. The van der Waals surface area contributed by atoms with Gasteiger partial charge in [0.05, 0.1) is 30.9 Å². The van der Waals surface area contributed by atoms with Crippen molar-refractivity contribution in [2.45, 2.75) is 13.0 Å². The SMILES string of the molecule is C[C@@H]1COCCN1C(=O)COc1ccc(C#N)cc1. The molecule has 0 aliphatic carbocycles. The van der Waals surface area contributed by atoms with Gasteiger partial charge in [0.25, 0.3) is 5.91 Å². The Balaban J connectivity index is 1.87. The maximum absolute atomic E-state index is 12.0. The van der Waals surface area contributed by atoms with E-state index in [0.717, 1.165) is 0 Å². The van der Waals surface area contributed by atoms with Crippen molar-refractivity contribution in [2.75, 3.05) is 26.4 Å². The van der Waals surface area contributed by atoms with Gasteiger partial charge >= 0.3 is 0 Å². The molecule has 0 bridgehead atoms. The molecule has 0 unspecified atom stereocenters. The van der Waals surface area contributed by atoms with Crippen LogP contribution in [0.2, 0.25) is 0 Å². The molecule has 1 aliphatic heterocycles. The fourth-order valence-electron chi connectivity index (χ4n) is 1.95. The predicted octanol–water partition coefficient (Wildman–Crippen LogP) is 1.18. The predicted molar refractivity (Wildman–Crippen MR) is 68.6 cm³/mol. The van der Waals surface area contributed by atoms with Crippen molar-refractivity contribution < 1.29 is 14.3 Å². The van der Waals surface area contributed by atoms with Gasteiger partial charge in [0, 0.05) is 6.54 Å². The van der Waals surface area contributed by atoms with E-state index in [-0.39, 0.29) is 18.6 Å². The Bertz CT molecular complexity index is 478. The van der Waals surface area contributed by atoms with Gasteiger partial charge in [-0.25, -0.2) is 0 Å². The number of nitrogens with zero attached hydrogens (tertiary/aromatic N) is 2. The highest BCUT2D eigenvalue weighted by Crippen LogP contribution is 2.12. The molecule has 100 valence electrons. The standard InChI is InChI=1S/C14H16N2O3/c1-11-9-18-7-6-16(11)14(17)10-19-13-4-2-12(8-15)3-5-13/h2-5,11H,6-7,9-10H2,1H3/t11-/m1/s1. The minimum Gasteiger partial charge on any atom is -0.484 e. The monoisotopic (exact) mass is 260 g/mol. The molecule has 1 amide bonds. The Hall–Kier alpha value is -2.06. The molecule has 1 aliphatic rings. The van der Waals surface area contributed by atoms with Crippen LogP contribution in [0.5, 0.6) is 5.75 Å². The van der Waals surface area contributed by atoms with Crippen LogP contribution in [0, 0.1) is 11.3 Å². The van der Waals surface area contributed by atoms with Crippen LogP contribution < -0.4 is 4.74 Å². The normalized spacial score (nSPS) is 18.7. The summed E-state index contributed by atoms with van der Waals surface area (Å²) in [4.78, 5) is 13.8. The fraction of sp³-hybridized carbons (Fsp3) is 0.429. The van der Waals surface area contributed by atoms with Crippen molar-refractivity contribution >= 4 is 5.91 Å². The average molecular weight is 260 g/mol. The van der Waals surface area contributed by atoms with Crippen LogP contribution in [0.25, 0.3) is 0 Å². The minimum absolute atomic E-state index is 0.0102. The maximum Gasteiger partial charge on any atom is 0.260 e. The van der Waals surface area contributed by atoms with Gasteiger partial charge < -0.3 is 14.4 Å². The fourth-order valence-corrected chi connectivity index (χ4v) is 1.95. The van der Waals surface area contributed by atoms with Crippen LogP contribution >= 0.6 is 0 Å². The second-order valence-corrected chi connectivity index (χ2v) is 4.44. The number of carbonyl (C=O) groups is 1. The lowest BCUT2D eigenvalue weighted by atomic mass is 10.2. The van der Waals surface area contributed by atoms with Crippen molar-refractivity contribution in [3.63, 3.8) is 0 Å². The zero-order valence-corrected chi connectivity index (χ0v) is 10.8. The number of ether oxygens (including phenoxy) is 2. The highest BCUT2D eigenvalue weighted by atomic mass is 16.5. The summed E-state index contributed by atoms with van der Waals surface area (Å²) < 4.78 is 10.7. The van der Waals surface area contributed by atoms with E-state index < -0.39 is 0 Å². The molecule has 0 aromatic heterocycles. The molecule has 1 fully saturated rings. The molecule has 19 heavy (non-hydrogen) atoms. The number of morpholine rings is 1. The Morgan fingerprint density at radius 2 is 2.26 bits per heavy atom. The van der Waals surface area contributed by atoms with Gasteiger partial charge in [-0.05, 0) is 31.2 Å². The largest absolute Gasteiger partial charge is 0.484 e. The summed E-state index contributed by atoms with van der Waals surface area (Å²) in [5.74, 6) is 0.549. The van der Waals surface area contributed by atoms with Crippen molar-refractivity contribution in [3.05, 3.63) is 29.8 Å². The van der Waals surface area contributed by atoms with Crippen molar-refractivity contribution in [1.29, 1.82) is 5.26 Å². The molecule has 0 N–H and O–H groups in total. The second-order valence-electron chi connectivity index (χ2n) is 4.44. The van der Waals surface area contributed by atoms with E-state index >= 15 is 0 Å². The van der Waals surface area contributed by atoms with Crippen molar-refractivity contribution in [3.8, 4) is 11.8 Å². The molecule has 5 heteroatoms. The van der Waals surface area contributed by atoms with E-state index in [9.17, 15) is 4.79 Å². The molecule has 1 aromatic rings. The first-order valence-electron chi connectivity index (χ1n) is 6.21. The molecule has 1 saturated heterocycles. The van der Waals surface area contributed by atoms with E-state index in [1.165, 1.54) is 0 Å². The highest BCUT2D eigenvalue weighted by molar-refractivity contribution is 5.78. The molecule has 1 aromatic carbocycles. The summed E-state index contributed by atoms with van der Waals surface area (Å²) in [6, 6.07) is 8.83. The molecular formula is C14H16N2O3. The third-order valence-electron chi connectivity index (χ3n) is 3.03. The van der Waals surface area contributed by atoms with Crippen molar-refractivity contribution in [1.82, 2.24) is 4.90 Å². The molecule has 0 saturated carbocycles. The van der Waals surface area contributed by atoms with Crippen LogP contribution in [0.1, 0.15) is 12.5 Å². The smallest absolute Gasteiger partial charge is 0.260 e. The first-order valence-corrected chi connectivity index (χ1v) is 6.21. The summed E-state index contributed by atoms with van der Waals surface area (Å²) >= 11 is 0. The van der Waals surface area contributed by atoms with Gasteiger partial charge in [-0.3, -0.25) is 4.79 Å². The van der Waals surface area contributed by atoms with Crippen LogP contribution in [0.3, 0.4) is 0 Å². The number of rotatable bonds is 3. The molecule has 1 atom stereocenters. The second kappa shape index (κ2) is 6.21. The topological polar surface area (TPSA) is 62.6 Å². The van der Waals surface area contributed by atoms with Gasteiger partial charge in [-0.2, -0.15) is 5.26 Å². The summed E-state index contributed by atoms with van der Waals surface area (Å²) in [5.41, 5.74) is 0.570.